The van der Waals surface area contributed by atoms with Gasteiger partial charge in [0.1, 0.15) is 0 Å². The van der Waals surface area contributed by atoms with E-state index in [0.717, 1.165) is 9.87 Å². The zero-order chi connectivity index (χ0) is 17.8. The van der Waals surface area contributed by atoms with Gasteiger partial charge in [0.2, 0.25) is 15.9 Å². The van der Waals surface area contributed by atoms with Crippen LogP contribution >= 0.6 is 0 Å². The van der Waals surface area contributed by atoms with Gasteiger partial charge in [-0.15, -0.1) is 0 Å². The fourth-order valence-corrected chi connectivity index (χ4v) is 3.64. The Kier molecular flexibility index (Phi) is 6.77. The fraction of sp³-hybridized carbons (Fsp3) is 0.588. The van der Waals surface area contributed by atoms with E-state index in [9.17, 15) is 13.2 Å². The molecular formula is C17H28N2O3S. The number of carbonyl (C=O) groups is 1. The van der Waals surface area contributed by atoms with E-state index >= 15 is 0 Å². The molecule has 1 aromatic carbocycles. The van der Waals surface area contributed by atoms with Gasteiger partial charge in [-0.25, -0.2) is 8.42 Å². The van der Waals surface area contributed by atoms with Gasteiger partial charge in [-0.1, -0.05) is 45.4 Å². The number of benzene rings is 1. The van der Waals surface area contributed by atoms with Crippen molar-refractivity contribution in [3.8, 4) is 0 Å². The molecule has 1 rings (SSSR count). The minimum atomic E-state index is -3.65. The predicted molar refractivity (Wildman–Crippen MR) is 92.6 cm³/mol. The maximum Gasteiger partial charge on any atom is 0.243 e. The van der Waals surface area contributed by atoms with Gasteiger partial charge in [-0.2, -0.15) is 4.31 Å². The van der Waals surface area contributed by atoms with Gasteiger partial charge in [0.05, 0.1) is 11.4 Å². The summed E-state index contributed by atoms with van der Waals surface area (Å²) in [7, 11) is -2.23. The number of carbonyl (C=O) groups excluding carboxylic acids is 1. The topological polar surface area (TPSA) is 66.5 Å². The third kappa shape index (κ3) is 5.32. The molecule has 0 saturated carbocycles. The van der Waals surface area contributed by atoms with Gasteiger partial charge in [0.25, 0.3) is 0 Å². The van der Waals surface area contributed by atoms with Crippen molar-refractivity contribution in [1.29, 1.82) is 0 Å². The molecule has 0 radical (unpaired) electrons. The molecule has 0 atom stereocenters. The van der Waals surface area contributed by atoms with E-state index in [0.29, 0.717) is 0 Å². The molecule has 1 amide bonds. The van der Waals surface area contributed by atoms with Crippen LogP contribution in [0.25, 0.3) is 0 Å². The zero-order valence-electron chi connectivity index (χ0n) is 14.8. The summed E-state index contributed by atoms with van der Waals surface area (Å²) in [5.41, 5.74) is 0.987. The lowest BCUT2D eigenvalue weighted by atomic mass is 9.93. The van der Waals surface area contributed by atoms with E-state index in [1.807, 2.05) is 34.6 Å². The van der Waals surface area contributed by atoms with Gasteiger partial charge in [0, 0.05) is 13.1 Å². The summed E-state index contributed by atoms with van der Waals surface area (Å²) in [5.74, 6) is 0.298. The number of hydrogen-bond donors (Lipinski definition) is 1. The molecule has 0 aliphatic heterocycles. The SMILES string of the molecule is Cc1ccc(S(=O)(=O)N(C)CC(=O)NC(C(C)C)C(C)C)cc1. The molecule has 130 valence electrons. The van der Waals surface area contributed by atoms with Crippen LogP contribution in [0.4, 0.5) is 0 Å². The highest BCUT2D eigenvalue weighted by Gasteiger charge is 2.25. The highest BCUT2D eigenvalue weighted by molar-refractivity contribution is 7.89. The van der Waals surface area contributed by atoms with Crippen molar-refractivity contribution in [3.63, 3.8) is 0 Å². The Morgan fingerprint density at radius 3 is 2.00 bits per heavy atom. The Morgan fingerprint density at radius 2 is 1.57 bits per heavy atom. The smallest absolute Gasteiger partial charge is 0.243 e. The maximum atomic E-state index is 12.5. The first-order valence-electron chi connectivity index (χ1n) is 7.88. The fourth-order valence-electron chi connectivity index (χ4n) is 2.51. The van der Waals surface area contributed by atoms with Crippen molar-refractivity contribution in [3.05, 3.63) is 29.8 Å². The molecule has 6 heteroatoms. The third-order valence-corrected chi connectivity index (χ3v) is 5.68. The van der Waals surface area contributed by atoms with E-state index in [-0.39, 0.29) is 35.2 Å². The van der Waals surface area contributed by atoms with E-state index in [1.54, 1.807) is 24.3 Å². The van der Waals surface area contributed by atoms with E-state index in [1.165, 1.54) is 7.05 Å². The van der Waals surface area contributed by atoms with E-state index in [2.05, 4.69) is 5.32 Å². The summed E-state index contributed by atoms with van der Waals surface area (Å²) >= 11 is 0. The van der Waals surface area contributed by atoms with E-state index < -0.39 is 10.0 Å². The Bertz CT molecular complexity index is 614. The van der Waals surface area contributed by atoms with Crippen LogP contribution < -0.4 is 5.32 Å². The average molecular weight is 340 g/mol. The van der Waals surface area contributed by atoms with Crippen molar-refractivity contribution < 1.29 is 13.2 Å². The first-order valence-corrected chi connectivity index (χ1v) is 9.32. The van der Waals surface area contributed by atoms with Crippen molar-refractivity contribution in [1.82, 2.24) is 9.62 Å². The molecule has 5 nitrogen and oxygen atoms in total. The van der Waals surface area contributed by atoms with Crippen LogP contribution in [0.2, 0.25) is 0 Å². The molecule has 0 saturated heterocycles. The largest absolute Gasteiger partial charge is 0.352 e. The molecule has 0 bridgehead atoms. The van der Waals surface area contributed by atoms with Crippen molar-refractivity contribution >= 4 is 15.9 Å². The number of sulfonamides is 1. The summed E-state index contributed by atoms with van der Waals surface area (Å²) < 4.78 is 26.0. The molecular weight excluding hydrogens is 312 g/mol. The second kappa shape index (κ2) is 7.93. The molecule has 1 aromatic rings. The van der Waals surface area contributed by atoms with E-state index in [4.69, 9.17) is 0 Å². The minimum absolute atomic E-state index is 0.0259. The molecule has 0 spiro atoms. The number of rotatable bonds is 7. The number of likely N-dealkylation sites (N-methyl/N-ethyl adjacent to an activating group) is 1. The predicted octanol–water partition coefficient (Wildman–Crippen LogP) is 2.41. The van der Waals surface area contributed by atoms with Gasteiger partial charge in [-0.3, -0.25) is 4.79 Å². The van der Waals surface area contributed by atoms with Crippen LogP contribution in [-0.2, 0) is 14.8 Å². The molecule has 0 aliphatic rings. The van der Waals surface area contributed by atoms with Crippen LogP contribution in [0, 0.1) is 18.8 Å². The Labute approximate surface area is 140 Å². The first kappa shape index (κ1) is 19.6. The molecule has 0 unspecified atom stereocenters. The normalized spacial score (nSPS) is 12.4. The van der Waals surface area contributed by atoms with Crippen molar-refractivity contribution in [2.75, 3.05) is 13.6 Å². The van der Waals surface area contributed by atoms with Crippen molar-refractivity contribution in [2.45, 2.75) is 45.6 Å². The zero-order valence-corrected chi connectivity index (χ0v) is 15.6. The summed E-state index contributed by atoms with van der Waals surface area (Å²) in [4.78, 5) is 12.4. The lowest BCUT2D eigenvalue weighted by molar-refractivity contribution is -0.122. The van der Waals surface area contributed by atoms with Crippen LogP contribution in [0.5, 0.6) is 0 Å². The summed E-state index contributed by atoms with van der Waals surface area (Å²) in [6.07, 6.45) is 0. The third-order valence-electron chi connectivity index (χ3n) is 3.86. The standard InChI is InChI=1S/C17H28N2O3S/c1-12(2)17(13(3)4)18-16(20)11-19(6)23(21,22)15-9-7-14(5)8-10-15/h7-10,12-13,17H,11H2,1-6H3,(H,18,20). The Balaban J connectivity index is 2.79. The first-order chi connectivity index (χ1) is 10.6. The maximum absolute atomic E-state index is 12.5. The monoisotopic (exact) mass is 340 g/mol. The van der Waals surface area contributed by atoms with Crippen LogP contribution in [-0.4, -0.2) is 38.3 Å². The van der Waals surface area contributed by atoms with Crippen molar-refractivity contribution in [2.24, 2.45) is 11.8 Å². The molecule has 1 N–H and O–H groups in total. The van der Waals surface area contributed by atoms with Gasteiger partial charge in [-0.05, 0) is 30.9 Å². The lowest BCUT2D eigenvalue weighted by Crippen LogP contribution is -2.46. The number of nitrogens with one attached hydrogen (secondary N) is 1. The second-order valence-electron chi connectivity index (χ2n) is 6.66. The lowest BCUT2D eigenvalue weighted by Gasteiger charge is -2.27. The van der Waals surface area contributed by atoms with Gasteiger partial charge >= 0.3 is 0 Å². The average Bonchev–Trinajstić information content (AvgIpc) is 2.44. The highest BCUT2D eigenvalue weighted by atomic mass is 32.2. The van der Waals surface area contributed by atoms with Crippen LogP contribution in [0.15, 0.2) is 29.2 Å². The second-order valence-corrected chi connectivity index (χ2v) is 8.70. The molecule has 23 heavy (non-hydrogen) atoms. The summed E-state index contributed by atoms with van der Waals surface area (Å²) in [6.45, 7) is 9.86. The highest BCUT2D eigenvalue weighted by Crippen LogP contribution is 2.15. The summed E-state index contributed by atoms with van der Waals surface area (Å²) in [6, 6.07) is 6.63. The molecule has 0 aliphatic carbocycles. The molecule has 0 fully saturated rings. The van der Waals surface area contributed by atoms with Gasteiger partial charge in [0.15, 0.2) is 0 Å². The minimum Gasteiger partial charge on any atom is -0.352 e. The Hall–Kier alpha value is -1.40. The Morgan fingerprint density at radius 1 is 1.09 bits per heavy atom. The summed E-state index contributed by atoms with van der Waals surface area (Å²) in [5, 5.41) is 2.93. The van der Waals surface area contributed by atoms with Gasteiger partial charge < -0.3 is 5.32 Å². The number of nitrogens with zero attached hydrogens (tertiary/aromatic N) is 1. The number of aryl methyl sites for hydroxylation is 1. The number of amides is 1. The quantitative estimate of drug-likeness (QED) is 0.829. The molecule has 0 heterocycles. The van der Waals surface area contributed by atoms with Crippen LogP contribution in [0.3, 0.4) is 0 Å². The molecule has 0 aromatic heterocycles. The number of hydrogen-bond acceptors (Lipinski definition) is 3. The van der Waals surface area contributed by atoms with Crippen LogP contribution in [0.1, 0.15) is 33.3 Å².